The Balaban J connectivity index is 2.89. The summed E-state index contributed by atoms with van der Waals surface area (Å²) in [7, 11) is 1.57. The first-order chi connectivity index (χ1) is 8.21. The zero-order chi connectivity index (χ0) is 12.7. The van der Waals surface area contributed by atoms with Gasteiger partial charge in [-0.25, -0.2) is 5.84 Å². The minimum absolute atomic E-state index is 0.363. The second kappa shape index (κ2) is 6.55. The molecule has 17 heavy (non-hydrogen) atoms. The van der Waals surface area contributed by atoms with Crippen molar-refractivity contribution in [3.8, 4) is 11.5 Å². The standard InChI is InChI=1S/C12H16N2O3/c1-3-17-10-6-4-9(8-11(10)16-2)5-7-12(15)14-13/h4-8H,3,13H2,1-2H3,(H,14,15)/b7-5+. The summed E-state index contributed by atoms with van der Waals surface area (Å²) in [6.45, 7) is 2.47. The maximum Gasteiger partial charge on any atom is 0.257 e. The lowest BCUT2D eigenvalue weighted by Crippen LogP contribution is -2.27. The van der Waals surface area contributed by atoms with Crippen molar-refractivity contribution < 1.29 is 14.3 Å². The summed E-state index contributed by atoms with van der Waals surface area (Å²) in [5.41, 5.74) is 2.84. The summed E-state index contributed by atoms with van der Waals surface area (Å²) in [5.74, 6) is 5.90. The Morgan fingerprint density at radius 2 is 2.24 bits per heavy atom. The van der Waals surface area contributed by atoms with Gasteiger partial charge in [0.25, 0.3) is 5.91 Å². The molecule has 3 N–H and O–H groups in total. The third-order valence-corrected chi connectivity index (χ3v) is 2.06. The first-order valence-corrected chi connectivity index (χ1v) is 5.20. The van der Waals surface area contributed by atoms with Gasteiger partial charge in [0.05, 0.1) is 13.7 Å². The number of carbonyl (C=O) groups excluding carboxylic acids is 1. The summed E-state index contributed by atoms with van der Waals surface area (Å²) in [5, 5.41) is 0. The molecule has 0 fully saturated rings. The molecular weight excluding hydrogens is 220 g/mol. The Kier molecular flexibility index (Phi) is 5.03. The molecule has 0 radical (unpaired) electrons. The number of nitrogens with one attached hydrogen (secondary N) is 1. The van der Waals surface area contributed by atoms with Crippen molar-refractivity contribution in [1.82, 2.24) is 5.43 Å². The average molecular weight is 236 g/mol. The SMILES string of the molecule is CCOc1ccc(/C=C/C(=O)NN)cc1OC. The highest BCUT2D eigenvalue weighted by atomic mass is 16.5. The molecule has 0 aliphatic heterocycles. The number of hydrogen-bond acceptors (Lipinski definition) is 4. The van der Waals surface area contributed by atoms with Crippen LogP contribution in [-0.2, 0) is 4.79 Å². The van der Waals surface area contributed by atoms with E-state index in [1.54, 1.807) is 25.3 Å². The Bertz CT molecular complexity index is 416. The van der Waals surface area contributed by atoms with E-state index in [0.717, 1.165) is 5.56 Å². The Morgan fingerprint density at radius 1 is 1.47 bits per heavy atom. The van der Waals surface area contributed by atoms with E-state index in [2.05, 4.69) is 0 Å². The van der Waals surface area contributed by atoms with Crippen molar-refractivity contribution in [2.75, 3.05) is 13.7 Å². The van der Waals surface area contributed by atoms with E-state index < -0.39 is 0 Å². The largest absolute Gasteiger partial charge is 0.493 e. The molecule has 0 aromatic heterocycles. The smallest absolute Gasteiger partial charge is 0.257 e. The van der Waals surface area contributed by atoms with Crippen LogP contribution in [-0.4, -0.2) is 19.6 Å². The summed E-state index contributed by atoms with van der Waals surface area (Å²) in [6, 6.07) is 5.40. The van der Waals surface area contributed by atoms with Crippen LogP contribution < -0.4 is 20.7 Å². The fourth-order valence-corrected chi connectivity index (χ4v) is 1.28. The zero-order valence-corrected chi connectivity index (χ0v) is 9.90. The van der Waals surface area contributed by atoms with Crippen LogP contribution in [0.4, 0.5) is 0 Å². The highest BCUT2D eigenvalue weighted by Crippen LogP contribution is 2.28. The molecule has 0 saturated heterocycles. The Labute approximate surface area is 100 Å². The minimum Gasteiger partial charge on any atom is -0.493 e. The lowest BCUT2D eigenvalue weighted by atomic mass is 10.2. The summed E-state index contributed by atoms with van der Waals surface area (Å²) < 4.78 is 10.6. The topological polar surface area (TPSA) is 73.6 Å². The van der Waals surface area contributed by atoms with Crippen LogP contribution in [0.2, 0.25) is 0 Å². The summed E-state index contributed by atoms with van der Waals surface area (Å²) in [6.07, 6.45) is 2.98. The number of hydrazine groups is 1. The van der Waals surface area contributed by atoms with Gasteiger partial charge in [0.1, 0.15) is 0 Å². The van der Waals surface area contributed by atoms with Gasteiger partial charge in [-0.3, -0.25) is 10.2 Å². The molecule has 0 aliphatic rings. The van der Waals surface area contributed by atoms with E-state index >= 15 is 0 Å². The summed E-state index contributed by atoms with van der Waals surface area (Å²) >= 11 is 0. The minimum atomic E-state index is -0.363. The molecular formula is C12H16N2O3. The van der Waals surface area contributed by atoms with E-state index in [4.69, 9.17) is 15.3 Å². The van der Waals surface area contributed by atoms with E-state index in [1.807, 2.05) is 18.4 Å². The van der Waals surface area contributed by atoms with Gasteiger partial charge >= 0.3 is 0 Å². The molecule has 1 amide bonds. The number of methoxy groups -OCH3 is 1. The maximum atomic E-state index is 10.9. The third kappa shape index (κ3) is 3.81. The quantitative estimate of drug-likeness (QED) is 0.347. The van der Waals surface area contributed by atoms with Crippen molar-refractivity contribution in [3.63, 3.8) is 0 Å². The second-order valence-electron chi connectivity index (χ2n) is 3.19. The van der Waals surface area contributed by atoms with Gasteiger partial charge in [-0.05, 0) is 30.7 Å². The lowest BCUT2D eigenvalue weighted by Gasteiger charge is -2.09. The molecule has 0 unspecified atom stereocenters. The first kappa shape index (κ1) is 13.1. The van der Waals surface area contributed by atoms with Crippen molar-refractivity contribution >= 4 is 12.0 Å². The molecule has 1 aromatic rings. The molecule has 92 valence electrons. The zero-order valence-electron chi connectivity index (χ0n) is 9.90. The van der Waals surface area contributed by atoms with Crippen molar-refractivity contribution in [3.05, 3.63) is 29.8 Å². The number of benzene rings is 1. The van der Waals surface area contributed by atoms with Crippen molar-refractivity contribution in [1.29, 1.82) is 0 Å². The molecule has 0 bridgehead atoms. The predicted molar refractivity (Wildman–Crippen MR) is 65.5 cm³/mol. The average Bonchev–Trinajstić information content (AvgIpc) is 2.37. The second-order valence-corrected chi connectivity index (χ2v) is 3.19. The molecule has 5 heteroatoms. The first-order valence-electron chi connectivity index (χ1n) is 5.20. The Hall–Kier alpha value is -2.01. The van der Waals surface area contributed by atoms with Crippen LogP contribution in [0.1, 0.15) is 12.5 Å². The van der Waals surface area contributed by atoms with Crippen molar-refractivity contribution in [2.24, 2.45) is 5.84 Å². The molecule has 0 spiro atoms. The van der Waals surface area contributed by atoms with Crippen LogP contribution in [0.3, 0.4) is 0 Å². The summed E-state index contributed by atoms with van der Waals surface area (Å²) in [4.78, 5) is 10.9. The van der Waals surface area contributed by atoms with E-state index in [0.29, 0.717) is 18.1 Å². The maximum absolute atomic E-state index is 10.9. The van der Waals surface area contributed by atoms with Gasteiger partial charge in [-0.2, -0.15) is 0 Å². The Morgan fingerprint density at radius 3 is 2.82 bits per heavy atom. The van der Waals surface area contributed by atoms with Gasteiger partial charge in [-0.15, -0.1) is 0 Å². The highest BCUT2D eigenvalue weighted by Gasteiger charge is 2.03. The number of carbonyl (C=O) groups is 1. The fraction of sp³-hybridized carbons (Fsp3) is 0.250. The van der Waals surface area contributed by atoms with Gasteiger partial charge in [0, 0.05) is 6.08 Å². The van der Waals surface area contributed by atoms with E-state index in [-0.39, 0.29) is 5.91 Å². The van der Waals surface area contributed by atoms with Gasteiger partial charge in [0.15, 0.2) is 11.5 Å². The number of rotatable bonds is 5. The van der Waals surface area contributed by atoms with Crippen molar-refractivity contribution in [2.45, 2.75) is 6.92 Å². The number of nitrogens with two attached hydrogens (primary N) is 1. The third-order valence-electron chi connectivity index (χ3n) is 2.06. The van der Waals surface area contributed by atoms with Gasteiger partial charge < -0.3 is 9.47 Å². The molecule has 5 nitrogen and oxygen atoms in total. The van der Waals surface area contributed by atoms with Crippen LogP contribution in [0.5, 0.6) is 11.5 Å². The predicted octanol–water partition coefficient (Wildman–Crippen LogP) is 1.10. The van der Waals surface area contributed by atoms with E-state index in [9.17, 15) is 4.79 Å². The molecule has 1 aromatic carbocycles. The van der Waals surface area contributed by atoms with Gasteiger partial charge in [0.2, 0.25) is 0 Å². The lowest BCUT2D eigenvalue weighted by molar-refractivity contribution is -0.116. The molecule has 0 aliphatic carbocycles. The van der Waals surface area contributed by atoms with Gasteiger partial charge in [-0.1, -0.05) is 6.07 Å². The van der Waals surface area contributed by atoms with Crippen LogP contribution in [0, 0.1) is 0 Å². The number of amides is 1. The van der Waals surface area contributed by atoms with Crippen LogP contribution in [0.25, 0.3) is 6.08 Å². The molecule has 0 saturated carbocycles. The monoisotopic (exact) mass is 236 g/mol. The number of hydrogen-bond donors (Lipinski definition) is 2. The normalized spacial score (nSPS) is 10.3. The number of ether oxygens (including phenoxy) is 2. The fourth-order valence-electron chi connectivity index (χ4n) is 1.28. The molecule has 1 rings (SSSR count). The molecule has 0 atom stereocenters. The van der Waals surface area contributed by atoms with E-state index in [1.165, 1.54) is 6.08 Å². The molecule has 0 heterocycles. The van der Waals surface area contributed by atoms with Crippen LogP contribution >= 0.6 is 0 Å². The highest BCUT2D eigenvalue weighted by molar-refractivity contribution is 5.91. The van der Waals surface area contributed by atoms with Crippen LogP contribution in [0.15, 0.2) is 24.3 Å².